The summed E-state index contributed by atoms with van der Waals surface area (Å²) in [5, 5.41) is 9.58. The molecule has 1 N–H and O–H groups in total. The maximum atomic E-state index is 12.6. The van der Waals surface area contributed by atoms with Crippen LogP contribution in [0, 0.1) is 11.8 Å². The number of hydrogen-bond donors (Lipinski definition) is 1. The Morgan fingerprint density at radius 2 is 2.16 bits per heavy atom. The summed E-state index contributed by atoms with van der Waals surface area (Å²) >= 11 is 0. The van der Waals surface area contributed by atoms with E-state index in [9.17, 15) is 9.90 Å². The monoisotopic (exact) mass is 259 g/mol. The smallest absolute Gasteiger partial charge is 0.226 e. The van der Waals surface area contributed by atoms with Gasteiger partial charge in [0.25, 0.3) is 0 Å². The summed E-state index contributed by atoms with van der Waals surface area (Å²) in [6, 6.07) is 8.60. The minimum Gasteiger partial charge on any atom is -0.396 e. The summed E-state index contributed by atoms with van der Waals surface area (Å²) in [6.45, 7) is 3.00. The van der Waals surface area contributed by atoms with Gasteiger partial charge in [0.15, 0.2) is 0 Å². The largest absolute Gasteiger partial charge is 0.396 e. The van der Waals surface area contributed by atoms with Gasteiger partial charge in [0.1, 0.15) is 0 Å². The number of fused-ring (bicyclic) bond motifs is 3. The molecule has 1 saturated heterocycles. The van der Waals surface area contributed by atoms with E-state index in [1.54, 1.807) is 0 Å². The van der Waals surface area contributed by atoms with Gasteiger partial charge < -0.3 is 10.0 Å². The highest BCUT2D eigenvalue weighted by Crippen LogP contribution is 2.42. The van der Waals surface area contributed by atoms with Crippen molar-refractivity contribution in [2.75, 3.05) is 13.2 Å². The topological polar surface area (TPSA) is 40.5 Å². The summed E-state index contributed by atoms with van der Waals surface area (Å²) in [4.78, 5) is 14.6. The molecule has 3 nitrogen and oxygen atoms in total. The van der Waals surface area contributed by atoms with Crippen LogP contribution in [0.5, 0.6) is 0 Å². The molecule has 0 radical (unpaired) electrons. The van der Waals surface area contributed by atoms with Gasteiger partial charge >= 0.3 is 0 Å². The molecule has 2 aliphatic rings. The Hall–Kier alpha value is -1.35. The Balaban J connectivity index is 1.96. The van der Waals surface area contributed by atoms with E-state index in [1.807, 2.05) is 17.9 Å². The molecule has 102 valence electrons. The Morgan fingerprint density at radius 3 is 2.89 bits per heavy atom. The number of nitrogens with zero attached hydrogens (tertiary/aromatic N) is 1. The zero-order valence-corrected chi connectivity index (χ0v) is 11.4. The Kier molecular flexibility index (Phi) is 3.31. The fraction of sp³-hybridized carbons (Fsp3) is 0.562. The molecular weight excluding hydrogens is 238 g/mol. The van der Waals surface area contributed by atoms with Gasteiger partial charge in [-0.05, 0) is 36.3 Å². The van der Waals surface area contributed by atoms with Crippen molar-refractivity contribution in [3.8, 4) is 0 Å². The van der Waals surface area contributed by atoms with Crippen molar-refractivity contribution >= 4 is 5.91 Å². The third kappa shape index (κ3) is 1.96. The number of piperidine rings is 1. The number of carbonyl (C=O) groups is 1. The van der Waals surface area contributed by atoms with Crippen molar-refractivity contribution in [1.82, 2.24) is 4.90 Å². The molecule has 0 aliphatic carbocycles. The molecule has 0 bridgehead atoms. The lowest BCUT2D eigenvalue weighted by Crippen LogP contribution is -2.50. The summed E-state index contributed by atoms with van der Waals surface area (Å²) in [5.41, 5.74) is 2.65. The van der Waals surface area contributed by atoms with Crippen molar-refractivity contribution in [2.45, 2.75) is 32.2 Å². The molecule has 1 aromatic rings. The molecule has 3 atom stereocenters. The summed E-state index contributed by atoms with van der Waals surface area (Å²) in [5.74, 6) is 0.365. The second-order valence-corrected chi connectivity index (χ2v) is 5.69. The van der Waals surface area contributed by atoms with Crippen LogP contribution in [0.25, 0.3) is 0 Å². The zero-order chi connectivity index (χ0) is 13.4. The van der Waals surface area contributed by atoms with E-state index in [0.717, 1.165) is 25.8 Å². The molecule has 3 rings (SSSR count). The highest BCUT2D eigenvalue weighted by atomic mass is 16.3. The quantitative estimate of drug-likeness (QED) is 0.884. The second-order valence-electron chi connectivity index (χ2n) is 5.69. The standard InChI is InChI=1S/C16H21NO2/c1-2-13-12(10-18)9-15-14-6-4-3-5-11(14)7-8-17(15)16(13)19/h3-6,12-13,15,18H,2,7-10H2,1H3. The van der Waals surface area contributed by atoms with Gasteiger partial charge in [0.05, 0.1) is 6.04 Å². The molecule has 3 unspecified atom stereocenters. The van der Waals surface area contributed by atoms with Crippen molar-refractivity contribution in [1.29, 1.82) is 0 Å². The maximum absolute atomic E-state index is 12.6. The van der Waals surface area contributed by atoms with Gasteiger partial charge in [-0.3, -0.25) is 4.79 Å². The highest BCUT2D eigenvalue weighted by Gasteiger charge is 2.42. The zero-order valence-electron chi connectivity index (χ0n) is 11.4. The first-order chi connectivity index (χ1) is 9.26. The molecule has 2 aliphatic heterocycles. The summed E-state index contributed by atoms with van der Waals surface area (Å²) in [7, 11) is 0. The molecule has 0 aromatic heterocycles. The number of benzene rings is 1. The van der Waals surface area contributed by atoms with E-state index in [4.69, 9.17) is 0 Å². The van der Waals surface area contributed by atoms with Crippen LogP contribution in [0.1, 0.15) is 36.9 Å². The van der Waals surface area contributed by atoms with Crippen LogP contribution in [0.15, 0.2) is 24.3 Å². The molecular formula is C16H21NO2. The lowest BCUT2D eigenvalue weighted by Gasteiger charge is -2.46. The second kappa shape index (κ2) is 4.97. The van der Waals surface area contributed by atoms with Crippen molar-refractivity contribution in [3.05, 3.63) is 35.4 Å². The van der Waals surface area contributed by atoms with Crippen LogP contribution in [-0.4, -0.2) is 29.1 Å². The van der Waals surface area contributed by atoms with Gasteiger partial charge in [-0.1, -0.05) is 31.2 Å². The van der Waals surface area contributed by atoms with E-state index in [1.165, 1.54) is 11.1 Å². The third-order valence-corrected chi connectivity index (χ3v) is 4.78. The average molecular weight is 259 g/mol. The number of rotatable bonds is 2. The lowest BCUT2D eigenvalue weighted by molar-refractivity contribution is -0.147. The van der Waals surface area contributed by atoms with E-state index in [-0.39, 0.29) is 30.4 Å². The maximum Gasteiger partial charge on any atom is 0.226 e. The minimum atomic E-state index is 0.00603. The molecule has 1 fully saturated rings. The fourth-order valence-corrected chi connectivity index (χ4v) is 3.74. The SMILES string of the molecule is CCC1C(=O)N2CCc3ccccc3C2CC1CO. The van der Waals surface area contributed by atoms with Gasteiger partial charge in [-0.2, -0.15) is 0 Å². The van der Waals surface area contributed by atoms with E-state index in [2.05, 4.69) is 18.2 Å². The molecule has 1 aromatic carbocycles. The van der Waals surface area contributed by atoms with Crippen molar-refractivity contribution < 1.29 is 9.90 Å². The summed E-state index contributed by atoms with van der Waals surface area (Å²) < 4.78 is 0. The number of aliphatic hydroxyl groups is 1. The van der Waals surface area contributed by atoms with E-state index >= 15 is 0 Å². The Morgan fingerprint density at radius 1 is 1.37 bits per heavy atom. The first-order valence-corrected chi connectivity index (χ1v) is 7.25. The number of aliphatic hydroxyl groups excluding tert-OH is 1. The first kappa shape index (κ1) is 12.7. The van der Waals surface area contributed by atoms with Crippen molar-refractivity contribution in [3.63, 3.8) is 0 Å². The van der Waals surface area contributed by atoms with Crippen LogP contribution < -0.4 is 0 Å². The minimum absolute atomic E-state index is 0.00603. The number of carbonyl (C=O) groups excluding carboxylic acids is 1. The molecule has 1 amide bonds. The predicted octanol–water partition coefficient (Wildman–Crippen LogP) is 2.15. The van der Waals surface area contributed by atoms with Crippen LogP contribution in [0.3, 0.4) is 0 Å². The first-order valence-electron chi connectivity index (χ1n) is 7.25. The van der Waals surface area contributed by atoms with Gasteiger partial charge in [0, 0.05) is 19.1 Å². The van der Waals surface area contributed by atoms with Crippen molar-refractivity contribution in [2.24, 2.45) is 11.8 Å². The fourth-order valence-electron chi connectivity index (χ4n) is 3.74. The van der Waals surface area contributed by atoms with Crippen LogP contribution >= 0.6 is 0 Å². The lowest BCUT2D eigenvalue weighted by atomic mass is 9.76. The highest BCUT2D eigenvalue weighted by molar-refractivity contribution is 5.81. The number of hydrogen-bond acceptors (Lipinski definition) is 2. The van der Waals surface area contributed by atoms with E-state index in [0.29, 0.717) is 0 Å². The predicted molar refractivity (Wildman–Crippen MR) is 73.6 cm³/mol. The average Bonchev–Trinajstić information content (AvgIpc) is 2.46. The van der Waals surface area contributed by atoms with Crippen LogP contribution in [0.4, 0.5) is 0 Å². The molecule has 19 heavy (non-hydrogen) atoms. The molecule has 0 saturated carbocycles. The normalized spacial score (nSPS) is 29.9. The number of amides is 1. The molecule has 3 heteroatoms. The molecule has 2 heterocycles. The Bertz CT molecular complexity index is 485. The summed E-state index contributed by atoms with van der Waals surface area (Å²) in [6.07, 6.45) is 2.69. The van der Waals surface area contributed by atoms with E-state index < -0.39 is 0 Å². The Labute approximate surface area is 114 Å². The van der Waals surface area contributed by atoms with Crippen LogP contribution in [0.2, 0.25) is 0 Å². The van der Waals surface area contributed by atoms with Gasteiger partial charge in [0.2, 0.25) is 5.91 Å². The van der Waals surface area contributed by atoms with Gasteiger partial charge in [-0.25, -0.2) is 0 Å². The van der Waals surface area contributed by atoms with Gasteiger partial charge in [-0.15, -0.1) is 0 Å². The third-order valence-electron chi connectivity index (χ3n) is 4.78. The van der Waals surface area contributed by atoms with Crippen LogP contribution in [-0.2, 0) is 11.2 Å². The molecule has 0 spiro atoms.